The Morgan fingerprint density at radius 2 is 0.971 bits per heavy atom. The minimum Gasteiger partial charge on any atom is -0.0622 e. The average molecular weight is 441 g/mol. The first kappa shape index (κ1) is 22.2. The molecule has 0 heteroatoms. The van der Waals surface area contributed by atoms with Gasteiger partial charge in [0.05, 0.1) is 5.41 Å². The SMILES string of the molecule is CC(C)(C)C.c1ccc(C2(c3ccccc3)c3ccccc3-c3c2ccc2ccccc32)cc1. The predicted octanol–water partition coefficient (Wildman–Crippen LogP) is 9.26. The molecule has 0 bridgehead atoms. The van der Waals surface area contributed by atoms with Gasteiger partial charge < -0.3 is 0 Å². The second-order valence-electron chi connectivity index (χ2n) is 10.7. The zero-order chi connectivity index (χ0) is 23.8. The van der Waals surface area contributed by atoms with Gasteiger partial charge in [0.15, 0.2) is 0 Å². The molecule has 0 N–H and O–H groups in total. The summed E-state index contributed by atoms with van der Waals surface area (Å²) in [6.45, 7) is 8.75. The van der Waals surface area contributed by atoms with E-state index >= 15 is 0 Å². The highest BCUT2D eigenvalue weighted by molar-refractivity contribution is 6.03. The summed E-state index contributed by atoms with van der Waals surface area (Å²) in [5.41, 5.74) is 8.26. The smallest absolute Gasteiger partial charge is 0.0622 e. The summed E-state index contributed by atoms with van der Waals surface area (Å²) in [5.74, 6) is 0. The van der Waals surface area contributed by atoms with Gasteiger partial charge in [-0.1, -0.05) is 149 Å². The molecule has 0 aromatic heterocycles. The summed E-state index contributed by atoms with van der Waals surface area (Å²) < 4.78 is 0. The fraction of sp³-hybridized carbons (Fsp3) is 0.176. The van der Waals surface area contributed by atoms with Crippen molar-refractivity contribution in [1.29, 1.82) is 0 Å². The molecule has 5 aromatic carbocycles. The molecule has 0 radical (unpaired) electrons. The second kappa shape index (κ2) is 8.61. The molecular formula is C34H32. The van der Waals surface area contributed by atoms with E-state index in [2.05, 4.69) is 149 Å². The van der Waals surface area contributed by atoms with Crippen LogP contribution in [0.4, 0.5) is 0 Å². The van der Waals surface area contributed by atoms with E-state index in [1.54, 1.807) is 0 Å². The van der Waals surface area contributed by atoms with E-state index < -0.39 is 0 Å². The third-order valence-electron chi connectivity index (χ3n) is 6.35. The highest BCUT2D eigenvalue weighted by Crippen LogP contribution is 2.57. The van der Waals surface area contributed by atoms with E-state index in [0.717, 1.165) is 0 Å². The van der Waals surface area contributed by atoms with E-state index in [-0.39, 0.29) is 5.41 Å². The normalized spacial score (nSPS) is 13.5. The Labute approximate surface area is 203 Å². The number of fused-ring (bicyclic) bond motifs is 5. The summed E-state index contributed by atoms with van der Waals surface area (Å²) in [4.78, 5) is 0. The number of rotatable bonds is 2. The zero-order valence-corrected chi connectivity index (χ0v) is 20.5. The van der Waals surface area contributed by atoms with Crippen molar-refractivity contribution in [3.05, 3.63) is 144 Å². The lowest BCUT2D eigenvalue weighted by atomic mass is 9.67. The van der Waals surface area contributed by atoms with Gasteiger partial charge in [-0.3, -0.25) is 0 Å². The van der Waals surface area contributed by atoms with Crippen LogP contribution in [0.25, 0.3) is 21.9 Å². The van der Waals surface area contributed by atoms with Crippen molar-refractivity contribution in [2.75, 3.05) is 0 Å². The van der Waals surface area contributed by atoms with Crippen molar-refractivity contribution < 1.29 is 0 Å². The third-order valence-corrected chi connectivity index (χ3v) is 6.35. The second-order valence-corrected chi connectivity index (χ2v) is 10.7. The lowest BCUT2D eigenvalue weighted by Gasteiger charge is -2.33. The van der Waals surface area contributed by atoms with Gasteiger partial charge in [0.2, 0.25) is 0 Å². The van der Waals surface area contributed by atoms with Crippen molar-refractivity contribution in [2.45, 2.75) is 33.1 Å². The van der Waals surface area contributed by atoms with E-state index in [9.17, 15) is 0 Å². The van der Waals surface area contributed by atoms with Crippen molar-refractivity contribution in [3.63, 3.8) is 0 Å². The van der Waals surface area contributed by atoms with Crippen LogP contribution in [0.1, 0.15) is 49.9 Å². The first-order valence-electron chi connectivity index (χ1n) is 12.1. The van der Waals surface area contributed by atoms with E-state index in [4.69, 9.17) is 0 Å². The van der Waals surface area contributed by atoms with Crippen LogP contribution in [0, 0.1) is 5.41 Å². The van der Waals surface area contributed by atoms with Crippen LogP contribution < -0.4 is 0 Å². The Kier molecular flexibility index (Phi) is 5.62. The molecule has 0 atom stereocenters. The van der Waals surface area contributed by atoms with Gasteiger partial charge in [0.1, 0.15) is 0 Å². The van der Waals surface area contributed by atoms with Crippen molar-refractivity contribution in [2.24, 2.45) is 5.41 Å². The Balaban J connectivity index is 0.000000439. The van der Waals surface area contributed by atoms with Crippen LogP contribution in [0.5, 0.6) is 0 Å². The van der Waals surface area contributed by atoms with Crippen LogP contribution >= 0.6 is 0 Å². The topological polar surface area (TPSA) is 0 Å². The average Bonchev–Trinajstić information content (AvgIpc) is 3.16. The van der Waals surface area contributed by atoms with Crippen LogP contribution in [0.15, 0.2) is 121 Å². The van der Waals surface area contributed by atoms with E-state index in [1.807, 2.05) is 0 Å². The summed E-state index contributed by atoms with van der Waals surface area (Å²) in [6, 6.07) is 44.2. The van der Waals surface area contributed by atoms with Gasteiger partial charge >= 0.3 is 0 Å². The van der Waals surface area contributed by atoms with Crippen LogP contribution in [-0.4, -0.2) is 0 Å². The Morgan fingerprint density at radius 3 is 1.59 bits per heavy atom. The van der Waals surface area contributed by atoms with Crippen molar-refractivity contribution in [1.82, 2.24) is 0 Å². The molecule has 168 valence electrons. The summed E-state index contributed by atoms with van der Waals surface area (Å²) >= 11 is 0. The molecule has 0 saturated heterocycles. The highest BCUT2D eigenvalue weighted by Gasteiger charge is 2.46. The maximum absolute atomic E-state index is 2.34. The first-order valence-corrected chi connectivity index (χ1v) is 12.1. The maximum Gasteiger partial charge on any atom is 0.0713 e. The van der Waals surface area contributed by atoms with Crippen molar-refractivity contribution in [3.8, 4) is 11.1 Å². The van der Waals surface area contributed by atoms with Gasteiger partial charge in [-0.2, -0.15) is 0 Å². The molecule has 0 spiro atoms. The molecule has 0 amide bonds. The molecule has 0 unspecified atom stereocenters. The quantitative estimate of drug-likeness (QED) is 0.252. The zero-order valence-electron chi connectivity index (χ0n) is 20.5. The monoisotopic (exact) mass is 440 g/mol. The van der Waals surface area contributed by atoms with Crippen LogP contribution in [0.3, 0.4) is 0 Å². The van der Waals surface area contributed by atoms with Gasteiger partial charge in [-0.15, -0.1) is 0 Å². The lowest BCUT2D eigenvalue weighted by molar-refractivity contribution is 0.469. The number of benzene rings is 5. The lowest BCUT2D eigenvalue weighted by Crippen LogP contribution is -2.28. The Bertz CT molecular complexity index is 1370. The molecule has 0 nitrogen and oxygen atoms in total. The standard InChI is InChI=1S/C29H20.C5H12/c1-3-12-22(13-4-1)29(23-14-5-2-6-15-23)26-18-10-9-17-25(26)28-24-16-8-7-11-21(24)19-20-27(28)29;1-5(2,3)4/h1-20H;1-4H3. The van der Waals surface area contributed by atoms with Crippen LogP contribution in [0.2, 0.25) is 0 Å². The molecule has 34 heavy (non-hydrogen) atoms. The molecule has 6 rings (SSSR count). The number of hydrogen-bond donors (Lipinski definition) is 0. The predicted molar refractivity (Wildman–Crippen MR) is 146 cm³/mol. The fourth-order valence-corrected chi connectivity index (χ4v) is 5.21. The molecule has 0 aliphatic heterocycles. The molecule has 0 fully saturated rings. The van der Waals surface area contributed by atoms with Gasteiger partial charge in [0.25, 0.3) is 0 Å². The minimum absolute atomic E-state index is 0.307. The summed E-state index contributed by atoms with van der Waals surface area (Å²) in [6.07, 6.45) is 0. The van der Waals surface area contributed by atoms with Crippen molar-refractivity contribution >= 4 is 10.8 Å². The summed E-state index contributed by atoms with van der Waals surface area (Å²) in [7, 11) is 0. The number of hydrogen-bond acceptors (Lipinski definition) is 0. The van der Waals surface area contributed by atoms with Gasteiger partial charge in [0, 0.05) is 0 Å². The highest BCUT2D eigenvalue weighted by atomic mass is 14.5. The molecule has 1 aliphatic rings. The Morgan fingerprint density at radius 1 is 0.471 bits per heavy atom. The summed E-state index contributed by atoms with van der Waals surface area (Å²) in [5, 5.41) is 2.61. The molecule has 1 aliphatic carbocycles. The van der Waals surface area contributed by atoms with Gasteiger partial charge in [-0.25, -0.2) is 0 Å². The molecule has 0 heterocycles. The van der Waals surface area contributed by atoms with E-state index in [0.29, 0.717) is 5.41 Å². The largest absolute Gasteiger partial charge is 0.0713 e. The minimum atomic E-state index is -0.307. The third kappa shape index (κ3) is 3.74. The maximum atomic E-state index is 2.34. The molecule has 0 saturated carbocycles. The van der Waals surface area contributed by atoms with E-state index in [1.165, 1.54) is 44.2 Å². The van der Waals surface area contributed by atoms with Gasteiger partial charge in [-0.05, 0) is 49.6 Å². The fourth-order valence-electron chi connectivity index (χ4n) is 5.21. The first-order chi connectivity index (χ1) is 16.4. The Hall–Kier alpha value is -3.64. The molecular weight excluding hydrogens is 408 g/mol. The molecule has 5 aromatic rings. The van der Waals surface area contributed by atoms with Crippen LogP contribution in [-0.2, 0) is 5.41 Å².